The molecule has 1 atom stereocenters. The van der Waals surface area contributed by atoms with Crippen molar-refractivity contribution in [2.75, 3.05) is 6.61 Å². The van der Waals surface area contributed by atoms with E-state index in [-0.39, 0.29) is 0 Å². The van der Waals surface area contributed by atoms with Crippen LogP contribution in [0.15, 0.2) is 0 Å². The number of hydrogen-bond donors (Lipinski definition) is 2. The number of hydrogen-bond acceptors (Lipinski definition) is 2. The van der Waals surface area contributed by atoms with Crippen LogP contribution in [-0.2, 0) is 0 Å². The zero-order valence-electron chi connectivity index (χ0n) is 11.2. The van der Waals surface area contributed by atoms with Crippen LogP contribution in [0.1, 0.15) is 46.0 Å². The summed E-state index contributed by atoms with van der Waals surface area (Å²) in [5, 5.41) is 13.3. The number of aliphatic hydroxyl groups excluding tert-OH is 1. The Morgan fingerprint density at radius 3 is 1.94 bits per heavy atom. The fourth-order valence-electron chi connectivity index (χ4n) is 4.90. The Morgan fingerprint density at radius 1 is 1.00 bits per heavy atom. The lowest BCUT2D eigenvalue weighted by atomic mass is 9.54. The summed E-state index contributed by atoms with van der Waals surface area (Å²) >= 11 is 0. The van der Waals surface area contributed by atoms with Crippen LogP contribution in [0.2, 0.25) is 0 Å². The Kier molecular flexibility index (Phi) is 3.20. The molecule has 2 N–H and O–H groups in total. The maximum absolute atomic E-state index is 9.49. The highest BCUT2D eigenvalue weighted by molar-refractivity contribution is 5.02. The van der Waals surface area contributed by atoms with Crippen LogP contribution in [0.3, 0.4) is 0 Å². The van der Waals surface area contributed by atoms with Crippen LogP contribution in [0.5, 0.6) is 0 Å². The molecule has 0 heterocycles. The largest absolute Gasteiger partial charge is 0.395 e. The second-order valence-corrected chi connectivity index (χ2v) is 7.16. The highest BCUT2D eigenvalue weighted by Crippen LogP contribution is 2.53. The molecule has 0 aliphatic heterocycles. The number of rotatable bonds is 4. The summed E-state index contributed by atoms with van der Waals surface area (Å²) in [6.07, 6.45) is 7.36. The van der Waals surface area contributed by atoms with Gasteiger partial charge < -0.3 is 10.4 Å². The fraction of sp³-hybridized carbons (Fsp3) is 1.00. The van der Waals surface area contributed by atoms with Gasteiger partial charge in [0.1, 0.15) is 0 Å². The minimum absolute atomic E-state index is 0.292. The molecule has 4 saturated carbocycles. The molecule has 0 aromatic heterocycles. The molecule has 98 valence electrons. The molecule has 1 unspecified atom stereocenters. The molecule has 4 rings (SSSR count). The summed E-state index contributed by atoms with van der Waals surface area (Å²) < 4.78 is 0. The van der Waals surface area contributed by atoms with Gasteiger partial charge in [0.2, 0.25) is 0 Å². The molecule has 2 nitrogen and oxygen atoms in total. The number of aliphatic hydroxyl groups is 1. The van der Waals surface area contributed by atoms with Gasteiger partial charge in [-0.2, -0.15) is 0 Å². The van der Waals surface area contributed by atoms with E-state index < -0.39 is 0 Å². The highest BCUT2D eigenvalue weighted by atomic mass is 16.3. The average Bonchev–Trinajstić information content (AvgIpc) is 2.27. The summed E-state index contributed by atoms with van der Waals surface area (Å²) in [4.78, 5) is 0. The molecule has 0 saturated heterocycles. The smallest absolute Gasteiger partial charge is 0.0587 e. The SMILES string of the molecule is CC(C)C(CO)NC1C2CC3CC(C2)CC1C3. The zero-order chi connectivity index (χ0) is 12.0. The molecule has 0 aromatic rings. The van der Waals surface area contributed by atoms with Crippen LogP contribution in [0.4, 0.5) is 0 Å². The highest BCUT2D eigenvalue weighted by Gasteiger charge is 2.48. The van der Waals surface area contributed by atoms with E-state index in [0.717, 1.165) is 23.7 Å². The van der Waals surface area contributed by atoms with Gasteiger partial charge in [-0.25, -0.2) is 0 Å². The van der Waals surface area contributed by atoms with Gasteiger partial charge in [0.05, 0.1) is 6.61 Å². The third-order valence-electron chi connectivity index (χ3n) is 5.63. The van der Waals surface area contributed by atoms with Crippen molar-refractivity contribution in [3.05, 3.63) is 0 Å². The van der Waals surface area contributed by atoms with Gasteiger partial charge in [-0.15, -0.1) is 0 Å². The van der Waals surface area contributed by atoms with Gasteiger partial charge in [-0.3, -0.25) is 0 Å². The van der Waals surface area contributed by atoms with Crippen molar-refractivity contribution in [1.29, 1.82) is 0 Å². The van der Waals surface area contributed by atoms with Crippen molar-refractivity contribution in [1.82, 2.24) is 5.32 Å². The van der Waals surface area contributed by atoms with Gasteiger partial charge in [0.15, 0.2) is 0 Å². The monoisotopic (exact) mass is 237 g/mol. The second-order valence-electron chi connectivity index (χ2n) is 7.16. The molecule has 4 aliphatic rings. The van der Waals surface area contributed by atoms with Gasteiger partial charge >= 0.3 is 0 Å². The molecule has 0 aromatic carbocycles. The van der Waals surface area contributed by atoms with E-state index in [0.29, 0.717) is 24.6 Å². The molecule has 2 heteroatoms. The van der Waals surface area contributed by atoms with Crippen molar-refractivity contribution in [2.45, 2.75) is 58.0 Å². The summed E-state index contributed by atoms with van der Waals surface area (Å²) in [6, 6.07) is 1.01. The second kappa shape index (κ2) is 4.55. The Bertz CT molecular complexity index is 248. The minimum Gasteiger partial charge on any atom is -0.395 e. The fourth-order valence-corrected chi connectivity index (χ4v) is 4.90. The molecular formula is C15H27NO. The lowest BCUT2D eigenvalue weighted by Gasteiger charge is -2.55. The van der Waals surface area contributed by atoms with Gasteiger partial charge in [0.25, 0.3) is 0 Å². The average molecular weight is 237 g/mol. The quantitative estimate of drug-likeness (QED) is 0.787. The number of nitrogens with one attached hydrogen (secondary N) is 1. The molecule has 17 heavy (non-hydrogen) atoms. The Morgan fingerprint density at radius 2 is 1.53 bits per heavy atom. The van der Waals surface area contributed by atoms with Crippen molar-refractivity contribution >= 4 is 0 Å². The molecule has 0 amide bonds. The Balaban J connectivity index is 1.67. The van der Waals surface area contributed by atoms with Crippen LogP contribution in [0, 0.1) is 29.6 Å². The molecule has 4 aliphatic carbocycles. The normalized spacial score (nSPS) is 45.5. The lowest BCUT2D eigenvalue weighted by molar-refractivity contribution is -0.0225. The topological polar surface area (TPSA) is 32.3 Å². The first kappa shape index (κ1) is 12.0. The van der Waals surface area contributed by atoms with Gasteiger partial charge in [-0.05, 0) is 61.7 Å². The molecule has 0 radical (unpaired) electrons. The standard InChI is InChI=1S/C15H27NO/c1-9(2)14(8-17)16-15-12-4-10-3-11(6-12)7-13(15)5-10/h9-17H,3-8H2,1-2H3. The van der Waals surface area contributed by atoms with E-state index in [2.05, 4.69) is 19.2 Å². The summed E-state index contributed by atoms with van der Waals surface area (Å²) in [7, 11) is 0. The van der Waals surface area contributed by atoms with Crippen LogP contribution in [-0.4, -0.2) is 23.8 Å². The first-order valence-electron chi connectivity index (χ1n) is 7.54. The van der Waals surface area contributed by atoms with Crippen molar-refractivity contribution in [3.63, 3.8) is 0 Å². The van der Waals surface area contributed by atoms with E-state index in [4.69, 9.17) is 0 Å². The summed E-state index contributed by atoms with van der Waals surface area (Å²) in [5.41, 5.74) is 0. The van der Waals surface area contributed by atoms with Gasteiger partial charge in [-0.1, -0.05) is 13.8 Å². The Hall–Kier alpha value is -0.0800. The van der Waals surface area contributed by atoms with Crippen molar-refractivity contribution < 1.29 is 5.11 Å². The van der Waals surface area contributed by atoms with Crippen LogP contribution >= 0.6 is 0 Å². The van der Waals surface area contributed by atoms with Crippen molar-refractivity contribution in [3.8, 4) is 0 Å². The van der Waals surface area contributed by atoms with E-state index in [1.54, 1.807) is 0 Å². The van der Waals surface area contributed by atoms with E-state index >= 15 is 0 Å². The third-order valence-corrected chi connectivity index (χ3v) is 5.63. The van der Waals surface area contributed by atoms with E-state index in [9.17, 15) is 5.11 Å². The maximum atomic E-state index is 9.49. The third kappa shape index (κ3) is 2.15. The molecule has 4 bridgehead atoms. The van der Waals surface area contributed by atoms with E-state index in [1.165, 1.54) is 32.1 Å². The molecule has 0 spiro atoms. The van der Waals surface area contributed by atoms with Crippen molar-refractivity contribution in [2.24, 2.45) is 29.6 Å². The van der Waals surface area contributed by atoms with Crippen LogP contribution in [0.25, 0.3) is 0 Å². The zero-order valence-corrected chi connectivity index (χ0v) is 11.2. The first-order chi connectivity index (χ1) is 8.17. The predicted molar refractivity (Wildman–Crippen MR) is 69.7 cm³/mol. The molecular weight excluding hydrogens is 210 g/mol. The minimum atomic E-state index is 0.292. The predicted octanol–water partition coefficient (Wildman–Crippen LogP) is 2.42. The molecule has 4 fully saturated rings. The maximum Gasteiger partial charge on any atom is 0.0587 e. The first-order valence-corrected chi connectivity index (χ1v) is 7.54. The Labute approximate surface area is 105 Å². The van der Waals surface area contributed by atoms with Crippen LogP contribution < -0.4 is 5.32 Å². The summed E-state index contributed by atoms with van der Waals surface area (Å²) in [6.45, 7) is 4.72. The van der Waals surface area contributed by atoms with E-state index in [1.807, 2.05) is 0 Å². The summed E-state index contributed by atoms with van der Waals surface area (Å²) in [5.74, 6) is 4.46. The lowest BCUT2D eigenvalue weighted by Crippen LogP contribution is -2.58. The van der Waals surface area contributed by atoms with Gasteiger partial charge in [0, 0.05) is 12.1 Å².